The Bertz CT molecular complexity index is 1350. The van der Waals surface area contributed by atoms with Crippen LogP contribution < -0.4 is 14.8 Å². The number of carbonyl (C=O) groups is 3. The summed E-state index contributed by atoms with van der Waals surface area (Å²) < 4.78 is 22.3. The number of ether oxygens (including phenoxy) is 4. The van der Waals surface area contributed by atoms with Gasteiger partial charge in [-0.1, -0.05) is 57.7 Å². The molecule has 0 radical (unpaired) electrons. The predicted molar refractivity (Wildman–Crippen MR) is 161 cm³/mol. The van der Waals surface area contributed by atoms with Crippen LogP contribution in [0.4, 0.5) is 5.69 Å². The molecule has 1 atom stereocenters. The van der Waals surface area contributed by atoms with Gasteiger partial charge < -0.3 is 24.3 Å². The summed E-state index contributed by atoms with van der Waals surface area (Å²) in [7, 11) is -2.13. The Morgan fingerprint density at radius 3 is 2.27 bits per heavy atom. The molecule has 0 aliphatic carbocycles. The van der Waals surface area contributed by atoms with E-state index in [1.165, 1.54) is 19.2 Å². The first-order chi connectivity index (χ1) is 18.3. The van der Waals surface area contributed by atoms with Gasteiger partial charge in [0.2, 0.25) is 0 Å². The fourth-order valence-corrected chi connectivity index (χ4v) is 4.01. The molecule has 8 nitrogen and oxygen atoms in total. The number of amides is 1. The molecule has 2 rings (SSSR count). The van der Waals surface area contributed by atoms with Crippen molar-refractivity contribution in [3.05, 3.63) is 41.7 Å². The second-order valence-electron chi connectivity index (χ2n) is 12.4. The molecule has 0 fully saturated rings. The molecule has 1 N–H and O–H groups in total. The topological polar surface area (TPSA) is 100 Å². The van der Waals surface area contributed by atoms with E-state index in [1.807, 2.05) is 0 Å². The number of hydrogen-bond donors (Lipinski definition) is 1. The van der Waals surface area contributed by atoms with Crippen molar-refractivity contribution in [3.8, 4) is 34.4 Å². The van der Waals surface area contributed by atoms with Crippen LogP contribution in [0.1, 0.15) is 31.1 Å². The Morgan fingerprint density at radius 2 is 1.73 bits per heavy atom. The van der Waals surface area contributed by atoms with Crippen molar-refractivity contribution in [3.63, 3.8) is 0 Å². The Kier molecular flexibility index (Phi) is 10.3. The Labute approximate surface area is 239 Å². The summed E-state index contributed by atoms with van der Waals surface area (Å²) in [5.41, 5.74) is 6.30. The standard InChI is InChI=1S/C30H39NO7Si2/c1-20-27(32)31-26-23(17-22(35-5)18-24(26)37-20)28(33)38-25(19-36-29(34)30(2,3)4)21(14-16-40(9,10)11)13-12-15-39(6,7)8/h13,17-18,25H,1,19H2,2-11H3,(H,31,32)/b21-13+/t25-/m0/s1. The van der Waals surface area contributed by atoms with Gasteiger partial charge in [0.1, 0.15) is 28.5 Å². The molecule has 214 valence electrons. The van der Waals surface area contributed by atoms with Crippen molar-refractivity contribution in [1.29, 1.82) is 0 Å². The summed E-state index contributed by atoms with van der Waals surface area (Å²) in [6.07, 6.45) is 0.570. The van der Waals surface area contributed by atoms with Gasteiger partial charge in [-0.05, 0) is 26.8 Å². The minimum Gasteiger partial charge on any atom is -0.497 e. The van der Waals surface area contributed by atoms with Gasteiger partial charge in [0.15, 0.2) is 17.6 Å². The molecule has 0 spiro atoms. The Hall–Kier alpha value is -3.74. The summed E-state index contributed by atoms with van der Waals surface area (Å²) in [4.78, 5) is 38.5. The van der Waals surface area contributed by atoms with Crippen LogP contribution in [0.2, 0.25) is 39.3 Å². The molecule has 0 aromatic heterocycles. The van der Waals surface area contributed by atoms with Gasteiger partial charge in [0.25, 0.3) is 5.91 Å². The molecule has 1 aromatic carbocycles. The number of anilines is 1. The van der Waals surface area contributed by atoms with Crippen molar-refractivity contribution in [2.45, 2.75) is 66.2 Å². The van der Waals surface area contributed by atoms with Gasteiger partial charge in [-0.3, -0.25) is 9.59 Å². The SMILES string of the molecule is C=C1Oc2cc(OC)cc(C(=O)O[C@@H](COC(=O)C(C)(C)C)/C(C#C[Si](C)(C)C)=C/C#C[Si](C)(C)C)c2NC1=O. The zero-order chi connectivity index (χ0) is 30.5. The van der Waals surface area contributed by atoms with Gasteiger partial charge >= 0.3 is 11.9 Å². The zero-order valence-corrected chi connectivity index (χ0v) is 27.1. The van der Waals surface area contributed by atoms with E-state index < -0.39 is 45.5 Å². The maximum absolute atomic E-state index is 13.6. The van der Waals surface area contributed by atoms with Crippen LogP contribution in [0.5, 0.6) is 11.5 Å². The number of benzene rings is 1. The monoisotopic (exact) mass is 581 g/mol. The van der Waals surface area contributed by atoms with Crippen LogP contribution in [0.25, 0.3) is 0 Å². The number of carbonyl (C=O) groups excluding carboxylic acids is 3. The van der Waals surface area contributed by atoms with Crippen molar-refractivity contribution >= 4 is 39.7 Å². The minimum atomic E-state index is -1.84. The third-order valence-corrected chi connectivity index (χ3v) is 6.86. The maximum Gasteiger partial charge on any atom is 0.341 e. The number of nitrogens with one attached hydrogen (secondary N) is 1. The first-order valence-corrected chi connectivity index (χ1v) is 19.8. The number of rotatable bonds is 6. The zero-order valence-electron chi connectivity index (χ0n) is 25.1. The van der Waals surface area contributed by atoms with E-state index in [9.17, 15) is 14.4 Å². The van der Waals surface area contributed by atoms with E-state index in [0.29, 0.717) is 11.3 Å². The fraction of sp³-hybridized carbons (Fsp3) is 0.433. The predicted octanol–water partition coefficient (Wildman–Crippen LogP) is 5.34. The average Bonchev–Trinajstić information content (AvgIpc) is 2.81. The van der Waals surface area contributed by atoms with Crippen molar-refractivity contribution in [2.24, 2.45) is 5.41 Å². The van der Waals surface area contributed by atoms with Gasteiger partial charge in [-0.15, -0.1) is 11.1 Å². The number of methoxy groups -OCH3 is 1. The van der Waals surface area contributed by atoms with Gasteiger partial charge in [-0.2, -0.15) is 0 Å². The smallest absolute Gasteiger partial charge is 0.341 e. The molecular weight excluding hydrogens is 543 g/mol. The third kappa shape index (κ3) is 9.78. The molecule has 0 bridgehead atoms. The van der Waals surface area contributed by atoms with Crippen molar-refractivity contribution in [2.75, 3.05) is 19.0 Å². The first-order valence-electron chi connectivity index (χ1n) is 12.8. The third-order valence-electron chi connectivity index (χ3n) is 5.09. The van der Waals surface area contributed by atoms with Crippen LogP contribution in [-0.4, -0.2) is 53.8 Å². The van der Waals surface area contributed by atoms with Crippen molar-refractivity contribution in [1.82, 2.24) is 0 Å². The van der Waals surface area contributed by atoms with Crippen molar-refractivity contribution < 1.29 is 33.3 Å². The van der Waals surface area contributed by atoms with Crippen LogP contribution in [0.3, 0.4) is 0 Å². The lowest BCUT2D eigenvalue weighted by atomic mass is 9.97. The second-order valence-corrected chi connectivity index (χ2v) is 21.9. The van der Waals surface area contributed by atoms with E-state index in [-0.39, 0.29) is 29.4 Å². The van der Waals surface area contributed by atoms with E-state index in [2.05, 4.69) is 74.1 Å². The molecule has 1 heterocycles. The highest BCUT2D eigenvalue weighted by molar-refractivity contribution is 6.84. The minimum absolute atomic E-state index is 0.00645. The molecule has 10 heteroatoms. The van der Waals surface area contributed by atoms with Crippen LogP contribution in [0.15, 0.2) is 36.1 Å². The number of fused-ring (bicyclic) bond motifs is 1. The summed E-state index contributed by atoms with van der Waals surface area (Å²) in [5.74, 6) is 4.73. The van der Waals surface area contributed by atoms with E-state index in [0.717, 1.165) is 0 Å². The Morgan fingerprint density at radius 1 is 1.10 bits per heavy atom. The van der Waals surface area contributed by atoms with Gasteiger partial charge in [0, 0.05) is 12.1 Å². The van der Waals surface area contributed by atoms with E-state index >= 15 is 0 Å². The number of hydrogen-bond acceptors (Lipinski definition) is 7. The lowest BCUT2D eigenvalue weighted by molar-refractivity contribution is -0.155. The van der Waals surface area contributed by atoms with Crippen LogP contribution >= 0.6 is 0 Å². The highest BCUT2D eigenvalue weighted by Gasteiger charge is 2.31. The second kappa shape index (κ2) is 12.6. The number of allylic oxidation sites excluding steroid dienone is 1. The Balaban J connectivity index is 2.61. The molecular formula is C30H39NO7Si2. The van der Waals surface area contributed by atoms with Crippen LogP contribution in [-0.2, 0) is 19.1 Å². The normalized spacial score (nSPS) is 14.2. The first kappa shape index (κ1) is 32.5. The molecule has 0 saturated heterocycles. The summed E-state index contributed by atoms with van der Waals surface area (Å²) in [6, 6.07) is 2.95. The highest BCUT2D eigenvalue weighted by atomic mass is 28.3. The largest absolute Gasteiger partial charge is 0.497 e. The lowest BCUT2D eigenvalue weighted by Crippen LogP contribution is -2.32. The quantitative estimate of drug-likeness (QED) is 0.209. The molecule has 1 aromatic rings. The lowest BCUT2D eigenvalue weighted by Gasteiger charge is -2.24. The summed E-state index contributed by atoms with van der Waals surface area (Å²) in [5, 5.41) is 2.62. The van der Waals surface area contributed by atoms with Crippen LogP contribution in [0, 0.1) is 28.3 Å². The highest BCUT2D eigenvalue weighted by Crippen LogP contribution is 2.38. The number of esters is 2. The van der Waals surface area contributed by atoms with E-state index in [4.69, 9.17) is 18.9 Å². The molecule has 0 saturated carbocycles. The summed E-state index contributed by atoms with van der Waals surface area (Å²) >= 11 is 0. The van der Waals surface area contributed by atoms with Gasteiger partial charge in [-0.25, -0.2) is 4.79 Å². The molecule has 1 amide bonds. The fourth-order valence-electron chi connectivity index (χ4n) is 2.99. The molecule has 1 aliphatic heterocycles. The molecule has 40 heavy (non-hydrogen) atoms. The molecule has 0 unspecified atom stereocenters. The maximum atomic E-state index is 13.6. The van der Waals surface area contributed by atoms with E-state index in [1.54, 1.807) is 26.8 Å². The average molecular weight is 582 g/mol. The molecule has 1 aliphatic rings. The summed E-state index contributed by atoms with van der Waals surface area (Å²) in [6.45, 7) is 21.1. The van der Waals surface area contributed by atoms with Gasteiger partial charge in [0.05, 0.1) is 29.3 Å².